The summed E-state index contributed by atoms with van der Waals surface area (Å²) in [6, 6.07) is 4.72. The zero-order valence-corrected chi connectivity index (χ0v) is 9.43. The molecule has 0 amide bonds. The first-order valence-corrected chi connectivity index (χ1v) is 4.91. The van der Waals surface area contributed by atoms with Crippen LogP contribution in [-0.4, -0.2) is 30.3 Å². The van der Waals surface area contributed by atoms with Crippen LogP contribution in [0.15, 0.2) is 24.4 Å². The number of fused-ring (bicyclic) bond motifs is 1. The van der Waals surface area contributed by atoms with Gasteiger partial charge in [-0.2, -0.15) is 0 Å². The summed E-state index contributed by atoms with van der Waals surface area (Å²) in [6.45, 7) is 0. The van der Waals surface area contributed by atoms with E-state index in [1.165, 1.54) is 26.5 Å². The molecule has 2 rings (SSSR count). The van der Waals surface area contributed by atoms with Crippen molar-refractivity contribution in [3.63, 3.8) is 0 Å². The minimum absolute atomic E-state index is 0.191. The van der Waals surface area contributed by atoms with Crippen molar-refractivity contribution in [2.45, 2.75) is 0 Å². The maximum atomic E-state index is 11.1. The van der Waals surface area contributed by atoms with Crippen molar-refractivity contribution in [2.75, 3.05) is 14.2 Å². The Morgan fingerprint density at radius 3 is 2.47 bits per heavy atom. The van der Waals surface area contributed by atoms with Gasteiger partial charge in [-0.05, 0) is 12.1 Å². The van der Waals surface area contributed by atoms with Crippen molar-refractivity contribution < 1.29 is 19.4 Å². The van der Waals surface area contributed by atoms with E-state index in [0.717, 1.165) is 0 Å². The minimum atomic E-state index is -0.996. The zero-order chi connectivity index (χ0) is 12.4. The summed E-state index contributed by atoms with van der Waals surface area (Å²) in [5, 5.41) is 9.60. The normalized spacial score (nSPS) is 10.2. The standard InChI is InChI=1S/C12H11NO4/c1-16-10-5-8-7(12(14)15)3-4-13-9(8)6-11(10)17-2/h3-6H,1-2H3,(H,14,15). The number of hydrogen-bond acceptors (Lipinski definition) is 4. The Hall–Kier alpha value is -2.30. The molecule has 1 N–H and O–H groups in total. The molecule has 0 atom stereocenters. The summed E-state index contributed by atoms with van der Waals surface area (Å²) >= 11 is 0. The average molecular weight is 233 g/mol. The molecule has 2 aromatic rings. The number of carbonyl (C=O) groups is 1. The molecule has 0 aliphatic rings. The smallest absolute Gasteiger partial charge is 0.336 e. The average Bonchev–Trinajstić information content (AvgIpc) is 2.35. The summed E-state index contributed by atoms with van der Waals surface area (Å²) in [7, 11) is 3.02. The van der Waals surface area contributed by atoms with E-state index in [9.17, 15) is 4.79 Å². The summed E-state index contributed by atoms with van der Waals surface area (Å²) in [5.41, 5.74) is 0.749. The third kappa shape index (κ3) is 1.87. The summed E-state index contributed by atoms with van der Waals surface area (Å²) in [5.74, 6) is 0.00941. The van der Waals surface area contributed by atoms with Crippen molar-refractivity contribution >= 4 is 16.9 Å². The van der Waals surface area contributed by atoms with Gasteiger partial charge in [-0.3, -0.25) is 4.98 Å². The van der Waals surface area contributed by atoms with Gasteiger partial charge in [-0.1, -0.05) is 0 Å². The number of aromatic nitrogens is 1. The molecule has 0 aliphatic heterocycles. The lowest BCUT2D eigenvalue weighted by molar-refractivity contribution is 0.0699. The van der Waals surface area contributed by atoms with Gasteiger partial charge in [0, 0.05) is 17.6 Å². The molecule has 0 unspecified atom stereocenters. The Labute approximate surface area is 97.6 Å². The minimum Gasteiger partial charge on any atom is -0.493 e. The van der Waals surface area contributed by atoms with E-state index < -0.39 is 5.97 Å². The molecule has 1 aromatic heterocycles. The van der Waals surface area contributed by atoms with E-state index in [1.54, 1.807) is 12.1 Å². The number of aromatic carboxylic acids is 1. The lowest BCUT2D eigenvalue weighted by Gasteiger charge is -2.09. The molecule has 5 heteroatoms. The van der Waals surface area contributed by atoms with E-state index in [0.29, 0.717) is 22.4 Å². The van der Waals surface area contributed by atoms with Gasteiger partial charge in [0.25, 0.3) is 0 Å². The number of nitrogens with zero attached hydrogens (tertiary/aromatic N) is 1. The van der Waals surface area contributed by atoms with Gasteiger partial charge in [0.2, 0.25) is 0 Å². The number of carboxylic acid groups (broad SMARTS) is 1. The number of methoxy groups -OCH3 is 2. The van der Waals surface area contributed by atoms with Crippen LogP contribution in [0.1, 0.15) is 10.4 Å². The number of ether oxygens (including phenoxy) is 2. The van der Waals surface area contributed by atoms with Gasteiger partial charge in [0.15, 0.2) is 11.5 Å². The Morgan fingerprint density at radius 2 is 1.88 bits per heavy atom. The first-order valence-electron chi connectivity index (χ1n) is 4.91. The molecule has 88 valence electrons. The van der Waals surface area contributed by atoms with Crippen LogP contribution in [0, 0.1) is 0 Å². The van der Waals surface area contributed by atoms with Crippen LogP contribution in [0.3, 0.4) is 0 Å². The van der Waals surface area contributed by atoms with E-state index >= 15 is 0 Å². The third-order valence-electron chi connectivity index (χ3n) is 2.48. The molecule has 1 aromatic carbocycles. The van der Waals surface area contributed by atoms with Gasteiger partial charge in [0.1, 0.15) is 0 Å². The maximum absolute atomic E-state index is 11.1. The molecule has 0 saturated carbocycles. The number of hydrogen-bond donors (Lipinski definition) is 1. The molecule has 1 heterocycles. The number of carboxylic acids is 1. The van der Waals surface area contributed by atoms with Crippen molar-refractivity contribution in [3.8, 4) is 11.5 Å². The summed E-state index contributed by atoms with van der Waals surface area (Å²) < 4.78 is 10.3. The molecule has 0 spiro atoms. The van der Waals surface area contributed by atoms with Crippen LogP contribution in [0.25, 0.3) is 10.9 Å². The second-order valence-electron chi connectivity index (χ2n) is 3.39. The molecule has 0 aliphatic carbocycles. The van der Waals surface area contributed by atoms with E-state index in [2.05, 4.69) is 4.98 Å². The van der Waals surface area contributed by atoms with E-state index in [-0.39, 0.29) is 5.56 Å². The second-order valence-corrected chi connectivity index (χ2v) is 3.39. The third-order valence-corrected chi connectivity index (χ3v) is 2.48. The molecule has 5 nitrogen and oxygen atoms in total. The van der Waals surface area contributed by atoms with Gasteiger partial charge in [-0.25, -0.2) is 4.79 Å². The van der Waals surface area contributed by atoms with Crippen molar-refractivity contribution in [2.24, 2.45) is 0 Å². The first-order chi connectivity index (χ1) is 8.17. The van der Waals surface area contributed by atoms with Gasteiger partial charge >= 0.3 is 5.97 Å². The van der Waals surface area contributed by atoms with E-state index in [4.69, 9.17) is 14.6 Å². The highest BCUT2D eigenvalue weighted by Gasteiger charge is 2.13. The molecular formula is C12H11NO4. The molecule has 17 heavy (non-hydrogen) atoms. The monoisotopic (exact) mass is 233 g/mol. The number of rotatable bonds is 3. The van der Waals surface area contributed by atoms with Crippen LogP contribution in [0.2, 0.25) is 0 Å². The van der Waals surface area contributed by atoms with Gasteiger partial charge < -0.3 is 14.6 Å². The highest BCUT2D eigenvalue weighted by molar-refractivity contribution is 6.03. The van der Waals surface area contributed by atoms with Gasteiger partial charge in [0.05, 0.1) is 25.3 Å². The lowest BCUT2D eigenvalue weighted by Crippen LogP contribution is -1.99. The highest BCUT2D eigenvalue weighted by Crippen LogP contribution is 2.32. The summed E-state index contributed by atoms with van der Waals surface area (Å²) in [6.07, 6.45) is 1.46. The lowest BCUT2D eigenvalue weighted by atomic mass is 10.1. The van der Waals surface area contributed by atoms with Crippen molar-refractivity contribution in [1.29, 1.82) is 0 Å². The second kappa shape index (κ2) is 4.29. The van der Waals surface area contributed by atoms with Crippen LogP contribution < -0.4 is 9.47 Å². The topological polar surface area (TPSA) is 68.7 Å². The van der Waals surface area contributed by atoms with Crippen LogP contribution >= 0.6 is 0 Å². The Balaban J connectivity index is 2.78. The fraction of sp³-hybridized carbons (Fsp3) is 0.167. The van der Waals surface area contributed by atoms with Crippen LogP contribution in [-0.2, 0) is 0 Å². The predicted molar refractivity (Wildman–Crippen MR) is 61.8 cm³/mol. The number of benzene rings is 1. The zero-order valence-electron chi connectivity index (χ0n) is 9.43. The van der Waals surface area contributed by atoms with Crippen LogP contribution in [0.5, 0.6) is 11.5 Å². The largest absolute Gasteiger partial charge is 0.493 e. The summed E-state index contributed by atoms with van der Waals surface area (Å²) in [4.78, 5) is 15.2. The molecule has 0 bridgehead atoms. The SMILES string of the molecule is COc1cc2nccc(C(=O)O)c2cc1OC. The molecule has 0 radical (unpaired) electrons. The molecular weight excluding hydrogens is 222 g/mol. The highest BCUT2D eigenvalue weighted by atomic mass is 16.5. The Bertz CT molecular complexity index is 580. The fourth-order valence-corrected chi connectivity index (χ4v) is 1.66. The van der Waals surface area contributed by atoms with Crippen LogP contribution in [0.4, 0.5) is 0 Å². The fourth-order valence-electron chi connectivity index (χ4n) is 1.66. The first kappa shape index (κ1) is 11.2. The molecule has 0 saturated heterocycles. The Morgan fingerprint density at radius 1 is 1.24 bits per heavy atom. The van der Waals surface area contributed by atoms with Gasteiger partial charge in [-0.15, -0.1) is 0 Å². The molecule has 0 fully saturated rings. The van der Waals surface area contributed by atoms with Crippen molar-refractivity contribution in [1.82, 2.24) is 4.98 Å². The quantitative estimate of drug-likeness (QED) is 0.877. The van der Waals surface area contributed by atoms with Crippen molar-refractivity contribution in [3.05, 3.63) is 30.0 Å². The predicted octanol–water partition coefficient (Wildman–Crippen LogP) is 1.95. The Kier molecular flexibility index (Phi) is 2.82. The maximum Gasteiger partial charge on any atom is 0.336 e. The van der Waals surface area contributed by atoms with E-state index in [1.807, 2.05) is 0 Å². The number of pyridine rings is 1.